The van der Waals surface area contributed by atoms with E-state index in [1.165, 1.54) is 29.2 Å². The Balaban J connectivity index is 1.68. The molecular weight excluding hydrogens is 500 g/mol. The Labute approximate surface area is 206 Å². The SMILES string of the molecule is CCN1CCN(C(=O)c2cc(Cn3ncc(=O)c4cccc(OC(=O)C(F)(F)F)c43)ccc2F)CC1=O. The van der Waals surface area contributed by atoms with E-state index < -0.39 is 35.0 Å². The smallest absolute Gasteiger partial charge is 0.418 e. The first-order chi connectivity index (χ1) is 17.5. The number of piperazine rings is 1. The standard InChI is InChI=1S/C24H20F4N4O5/c1-2-30-8-9-31(13-20(30)34)22(35)16-10-14(6-7-17(16)25)12-32-21-15(18(33)11-29-32)4-3-5-19(21)37-23(36)24(26,27)28/h3-7,10-11H,2,8-9,12-13H2,1H3. The molecule has 9 nitrogen and oxygen atoms in total. The summed E-state index contributed by atoms with van der Waals surface area (Å²) in [5.41, 5.74) is -0.796. The van der Waals surface area contributed by atoms with Gasteiger partial charge in [0.1, 0.15) is 17.9 Å². The topological polar surface area (TPSA) is 102 Å². The van der Waals surface area contributed by atoms with Gasteiger partial charge in [-0.05, 0) is 36.8 Å². The Kier molecular flexibility index (Phi) is 6.96. The largest absolute Gasteiger partial charge is 0.491 e. The number of fused-ring (bicyclic) bond motifs is 1. The quantitative estimate of drug-likeness (QED) is 0.291. The zero-order chi connectivity index (χ0) is 26.9. The van der Waals surface area contributed by atoms with E-state index in [4.69, 9.17) is 0 Å². The maximum atomic E-state index is 14.6. The molecule has 0 saturated carbocycles. The third kappa shape index (κ3) is 5.29. The highest BCUT2D eigenvalue weighted by molar-refractivity contribution is 5.97. The minimum Gasteiger partial charge on any atom is -0.418 e. The Morgan fingerprint density at radius 2 is 1.86 bits per heavy atom. The normalized spacial score (nSPS) is 14.2. The van der Waals surface area contributed by atoms with Crippen LogP contribution in [0.4, 0.5) is 17.6 Å². The summed E-state index contributed by atoms with van der Waals surface area (Å²) in [7, 11) is 0. The summed E-state index contributed by atoms with van der Waals surface area (Å²) in [5, 5.41) is 3.88. The molecule has 1 aliphatic heterocycles. The first kappa shape index (κ1) is 25.8. The lowest BCUT2D eigenvalue weighted by Gasteiger charge is -2.33. The fraction of sp³-hybridized carbons (Fsp3) is 0.292. The Bertz CT molecular complexity index is 1450. The molecule has 2 heterocycles. The highest BCUT2D eigenvalue weighted by Gasteiger charge is 2.41. The average Bonchev–Trinajstić information content (AvgIpc) is 2.86. The van der Waals surface area contributed by atoms with Gasteiger partial charge in [-0.25, -0.2) is 9.18 Å². The second-order valence-electron chi connectivity index (χ2n) is 8.22. The third-order valence-corrected chi connectivity index (χ3v) is 5.85. The maximum absolute atomic E-state index is 14.6. The molecule has 1 saturated heterocycles. The van der Waals surface area contributed by atoms with Crippen molar-refractivity contribution in [2.24, 2.45) is 0 Å². The zero-order valence-electron chi connectivity index (χ0n) is 19.4. The molecule has 194 valence electrons. The number of carbonyl (C=O) groups is 3. The molecular formula is C24H20F4N4O5. The van der Waals surface area contributed by atoms with Crippen LogP contribution in [0.25, 0.3) is 10.9 Å². The van der Waals surface area contributed by atoms with Gasteiger partial charge in [0.25, 0.3) is 5.91 Å². The molecule has 0 aliphatic carbocycles. The van der Waals surface area contributed by atoms with E-state index in [0.29, 0.717) is 18.7 Å². The van der Waals surface area contributed by atoms with Crippen LogP contribution in [0, 0.1) is 5.82 Å². The molecule has 3 aromatic rings. The molecule has 2 amide bonds. The fourth-order valence-corrected chi connectivity index (χ4v) is 3.99. The van der Waals surface area contributed by atoms with Crippen molar-refractivity contribution in [1.29, 1.82) is 0 Å². The number of halogens is 4. The molecule has 0 bridgehead atoms. The number of amides is 2. The maximum Gasteiger partial charge on any atom is 0.491 e. The van der Waals surface area contributed by atoms with Crippen LogP contribution in [0.15, 0.2) is 47.4 Å². The van der Waals surface area contributed by atoms with Gasteiger partial charge in [0, 0.05) is 19.6 Å². The fourth-order valence-electron chi connectivity index (χ4n) is 3.99. The number of rotatable bonds is 5. The molecule has 0 spiro atoms. The van der Waals surface area contributed by atoms with Gasteiger partial charge in [-0.15, -0.1) is 0 Å². The minimum atomic E-state index is -5.27. The van der Waals surface area contributed by atoms with Crippen molar-refractivity contribution in [2.45, 2.75) is 19.6 Å². The summed E-state index contributed by atoms with van der Waals surface area (Å²) in [6.07, 6.45) is -4.34. The summed E-state index contributed by atoms with van der Waals surface area (Å²) in [6.45, 7) is 2.43. The molecule has 4 rings (SSSR count). The molecule has 1 fully saturated rings. The average molecular weight is 520 g/mol. The number of aromatic nitrogens is 2. The predicted molar refractivity (Wildman–Crippen MR) is 121 cm³/mol. The number of para-hydroxylation sites is 1. The zero-order valence-corrected chi connectivity index (χ0v) is 19.4. The van der Waals surface area contributed by atoms with Crippen molar-refractivity contribution in [3.63, 3.8) is 0 Å². The third-order valence-electron chi connectivity index (χ3n) is 5.85. The van der Waals surface area contributed by atoms with Crippen LogP contribution in [0.2, 0.25) is 0 Å². The molecule has 37 heavy (non-hydrogen) atoms. The molecule has 0 radical (unpaired) electrons. The summed E-state index contributed by atoms with van der Waals surface area (Å²) in [4.78, 5) is 51.7. The van der Waals surface area contributed by atoms with Gasteiger partial charge >= 0.3 is 12.1 Å². The van der Waals surface area contributed by atoms with E-state index in [-0.39, 0.29) is 42.0 Å². The summed E-state index contributed by atoms with van der Waals surface area (Å²) < 4.78 is 58.6. The predicted octanol–water partition coefficient (Wildman–Crippen LogP) is 2.36. The van der Waals surface area contributed by atoms with E-state index >= 15 is 0 Å². The number of benzene rings is 2. The van der Waals surface area contributed by atoms with Gasteiger partial charge in [-0.3, -0.25) is 19.1 Å². The summed E-state index contributed by atoms with van der Waals surface area (Å²) in [6, 6.07) is 7.28. The Morgan fingerprint density at radius 3 is 2.54 bits per heavy atom. The second kappa shape index (κ2) is 9.99. The van der Waals surface area contributed by atoms with Gasteiger partial charge < -0.3 is 14.5 Å². The Morgan fingerprint density at radius 1 is 1.11 bits per heavy atom. The Hall–Kier alpha value is -4.29. The molecule has 13 heteroatoms. The van der Waals surface area contributed by atoms with Crippen LogP contribution in [-0.2, 0) is 16.1 Å². The number of alkyl halides is 3. The van der Waals surface area contributed by atoms with Crippen molar-refractivity contribution in [1.82, 2.24) is 19.6 Å². The molecule has 0 atom stereocenters. The van der Waals surface area contributed by atoms with Gasteiger partial charge in [-0.1, -0.05) is 12.1 Å². The number of hydrogen-bond donors (Lipinski definition) is 0. The number of ether oxygens (including phenoxy) is 1. The minimum absolute atomic E-state index is 0.0619. The van der Waals surface area contributed by atoms with Crippen LogP contribution in [-0.4, -0.2) is 69.7 Å². The molecule has 1 aromatic heterocycles. The first-order valence-electron chi connectivity index (χ1n) is 11.1. The lowest BCUT2D eigenvalue weighted by atomic mass is 10.1. The number of hydrogen-bond acceptors (Lipinski definition) is 6. The number of carbonyl (C=O) groups excluding carboxylic acids is 3. The van der Waals surface area contributed by atoms with Crippen LogP contribution < -0.4 is 10.2 Å². The van der Waals surface area contributed by atoms with Crippen molar-refractivity contribution in [3.05, 3.63) is 69.8 Å². The van der Waals surface area contributed by atoms with Crippen molar-refractivity contribution in [2.75, 3.05) is 26.2 Å². The second-order valence-corrected chi connectivity index (χ2v) is 8.22. The van der Waals surface area contributed by atoms with E-state index in [1.807, 2.05) is 6.92 Å². The summed E-state index contributed by atoms with van der Waals surface area (Å²) in [5.74, 6) is -4.80. The van der Waals surface area contributed by atoms with Crippen LogP contribution >= 0.6 is 0 Å². The van der Waals surface area contributed by atoms with Crippen molar-refractivity contribution < 1.29 is 36.7 Å². The van der Waals surface area contributed by atoms with E-state index in [9.17, 15) is 36.7 Å². The monoisotopic (exact) mass is 520 g/mol. The van der Waals surface area contributed by atoms with Gasteiger partial charge in [0.05, 0.1) is 23.7 Å². The van der Waals surface area contributed by atoms with Gasteiger partial charge in [0.15, 0.2) is 5.75 Å². The van der Waals surface area contributed by atoms with Crippen LogP contribution in [0.5, 0.6) is 5.75 Å². The van der Waals surface area contributed by atoms with Crippen molar-refractivity contribution in [3.8, 4) is 5.75 Å². The number of esters is 1. The van der Waals surface area contributed by atoms with Gasteiger partial charge in [0.2, 0.25) is 11.3 Å². The molecule has 0 unspecified atom stereocenters. The lowest BCUT2D eigenvalue weighted by Crippen LogP contribution is -2.52. The van der Waals surface area contributed by atoms with E-state index in [2.05, 4.69) is 9.84 Å². The summed E-state index contributed by atoms with van der Waals surface area (Å²) >= 11 is 0. The van der Waals surface area contributed by atoms with Crippen LogP contribution in [0.1, 0.15) is 22.8 Å². The molecule has 1 aliphatic rings. The molecule has 2 aromatic carbocycles. The highest BCUT2D eigenvalue weighted by atomic mass is 19.4. The van der Waals surface area contributed by atoms with Gasteiger partial charge in [-0.2, -0.15) is 18.3 Å². The van der Waals surface area contributed by atoms with Crippen molar-refractivity contribution >= 4 is 28.7 Å². The lowest BCUT2D eigenvalue weighted by molar-refractivity contribution is -0.189. The molecule has 0 N–H and O–H groups in total. The highest BCUT2D eigenvalue weighted by Crippen LogP contribution is 2.27. The number of likely N-dealkylation sites (N-methyl/N-ethyl adjacent to an activating group) is 1. The first-order valence-corrected chi connectivity index (χ1v) is 11.1. The number of nitrogens with zero attached hydrogens (tertiary/aromatic N) is 4. The van der Waals surface area contributed by atoms with Crippen LogP contribution in [0.3, 0.4) is 0 Å². The van der Waals surface area contributed by atoms with E-state index in [0.717, 1.165) is 23.0 Å². The van der Waals surface area contributed by atoms with E-state index in [1.54, 1.807) is 4.90 Å².